The maximum atomic E-state index is 5.56. The van der Waals surface area contributed by atoms with Crippen LogP contribution in [0.25, 0.3) is 22.3 Å². The summed E-state index contributed by atoms with van der Waals surface area (Å²) in [6.45, 7) is 0. The second-order valence-corrected chi connectivity index (χ2v) is 6.52. The standard InChI is InChI=1S/C20H22N4O/c1-25-16-8-4-7-15(12-16)22-20-17-9-2-3-10-18(17)23-19(24-20)14-6-5-11-21-13-14/h2-3,5-6,9-11,13,15-16H,4,7-8,12H2,1H3,(H,22,23,24). The van der Waals surface area contributed by atoms with E-state index in [4.69, 9.17) is 14.7 Å². The molecule has 5 nitrogen and oxygen atoms in total. The van der Waals surface area contributed by atoms with E-state index in [0.29, 0.717) is 18.0 Å². The van der Waals surface area contributed by atoms with Gasteiger partial charge in [0.15, 0.2) is 5.82 Å². The number of aromatic nitrogens is 3. The van der Waals surface area contributed by atoms with Gasteiger partial charge in [-0.05, 0) is 49.9 Å². The van der Waals surface area contributed by atoms with Gasteiger partial charge in [-0.15, -0.1) is 0 Å². The first-order valence-electron chi connectivity index (χ1n) is 8.80. The van der Waals surface area contributed by atoms with Gasteiger partial charge in [0, 0.05) is 36.5 Å². The fourth-order valence-corrected chi connectivity index (χ4v) is 3.49. The molecule has 128 valence electrons. The molecule has 1 saturated carbocycles. The highest BCUT2D eigenvalue weighted by Gasteiger charge is 2.22. The lowest BCUT2D eigenvalue weighted by Crippen LogP contribution is -2.31. The predicted molar refractivity (Wildman–Crippen MR) is 99.4 cm³/mol. The lowest BCUT2D eigenvalue weighted by Gasteiger charge is -2.29. The van der Waals surface area contributed by atoms with Crippen LogP contribution in [0.2, 0.25) is 0 Å². The lowest BCUT2D eigenvalue weighted by atomic mass is 9.93. The molecular formula is C20H22N4O. The van der Waals surface area contributed by atoms with Gasteiger partial charge < -0.3 is 10.1 Å². The van der Waals surface area contributed by atoms with E-state index in [1.807, 2.05) is 30.3 Å². The number of anilines is 1. The third-order valence-electron chi connectivity index (χ3n) is 4.82. The van der Waals surface area contributed by atoms with Gasteiger partial charge in [-0.2, -0.15) is 0 Å². The average molecular weight is 334 g/mol. The van der Waals surface area contributed by atoms with Crippen molar-refractivity contribution in [1.82, 2.24) is 15.0 Å². The van der Waals surface area contributed by atoms with Crippen LogP contribution in [0, 0.1) is 0 Å². The molecule has 0 amide bonds. The molecule has 4 rings (SSSR count). The van der Waals surface area contributed by atoms with Crippen LogP contribution in [0.1, 0.15) is 25.7 Å². The van der Waals surface area contributed by atoms with Crippen LogP contribution in [0.4, 0.5) is 5.82 Å². The number of benzene rings is 1. The maximum absolute atomic E-state index is 5.56. The number of ether oxygens (including phenoxy) is 1. The minimum Gasteiger partial charge on any atom is -0.381 e. The molecule has 0 bridgehead atoms. The SMILES string of the molecule is COC1CCCC(Nc2nc(-c3cccnc3)nc3ccccc23)C1. The molecule has 1 aliphatic rings. The minimum absolute atomic E-state index is 0.331. The van der Waals surface area contributed by atoms with Gasteiger partial charge in [0.05, 0.1) is 11.6 Å². The van der Waals surface area contributed by atoms with E-state index in [9.17, 15) is 0 Å². The van der Waals surface area contributed by atoms with Crippen molar-refractivity contribution in [3.63, 3.8) is 0 Å². The van der Waals surface area contributed by atoms with Gasteiger partial charge in [-0.3, -0.25) is 4.98 Å². The smallest absolute Gasteiger partial charge is 0.163 e. The van der Waals surface area contributed by atoms with E-state index in [-0.39, 0.29) is 0 Å². The summed E-state index contributed by atoms with van der Waals surface area (Å²) in [6, 6.07) is 12.4. The van der Waals surface area contributed by atoms with Crippen LogP contribution >= 0.6 is 0 Å². The van der Waals surface area contributed by atoms with Crippen molar-refractivity contribution in [3.8, 4) is 11.4 Å². The highest BCUT2D eigenvalue weighted by Crippen LogP contribution is 2.28. The van der Waals surface area contributed by atoms with Crippen molar-refractivity contribution in [2.24, 2.45) is 0 Å². The number of pyridine rings is 1. The van der Waals surface area contributed by atoms with Gasteiger partial charge in [0.1, 0.15) is 5.82 Å². The fourth-order valence-electron chi connectivity index (χ4n) is 3.49. The molecule has 1 aliphatic carbocycles. The third kappa shape index (κ3) is 3.46. The Labute approximate surface area is 147 Å². The number of hydrogen-bond acceptors (Lipinski definition) is 5. The van der Waals surface area contributed by atoms with Gasteiger partial charge in [0.2, 0.25) is 0 Å². The molecule has 1 N–H and O–H groups in total. The predicted octanol–water partition coefficient (Wildman–Crippen LogP) is 4.06. The van der Waals surface area contributed by atoms with Gasteiger partial charge >= 0.3 is 0 Å². The highest BCUT2D eigenvalue weighted by atomic mass is 16.5. The van der Waals surface area contributed by atoms with Crippen LogP contribution in [-0.2, 0) is 4.74 Å². The van der Waals surface area contributed by atoms with Crippen LogP contribution in [0.15, 0.2) is 48.8 Å². The molecule has 0 saturated heterocycles. The minimum atomic E-state index is 0.331. The summed E-state index contributed by atoms with van der Waals surface area (Å²) in [5, 5.41) is 4.70. The molecule has 0 spiro atoms. The molecule has 0 radical (unpaired) electrons. The molecule has 2 atom stereocenters. The van der Waals surface area contributed by atoms with Crippen molar-refractivity contribution in [3.05, 3.63) is 48.8 Å². The van der Waals surface area contributed by atoms with Crippen LogP contribution < -0.4 is 5.32 Å². The summed E-state index contributed by atoms with van der Waals surface area (Å²) >= 11 is 0. The van der Waals surface area contributed by atoms with E-state index in [0.717, 1.165) is 41.5 Å². The fraction of sp³-hybridized carbons (Fsp3) is 0.350. The first-order valence-corrected chi connectivity index (χ1v) is 8.80. The molecule has 2 unspecified atom stereocenters. The Balaban J connectivity index is 1.71. The Morgan fingerprint density at radius 1 is 1.08 bits per heavy atom. The summed E-state index contributed by atoms with van der Waals surface area (Å²) in [5.74, 6) is 1.60. The molecule has 1 fully saturated rings. The molecule has 25 heavy (non-hydrogen) atoms. The molecule has 3 aromatic rings. The van der Waals surface area contributed by atoms with E-state index in [1.54, 1.807) is 19.5 Å². The Kier molecular flexibility index (Phi) is 4.57. The summed E-state index contributed by atoms with van der Waals surface area (Å²) < 4.78 is 5.56. The van der Waals surface area contributed by atoms with E-state index < -0.39 is 0 Å². The summed E-state index contributed by atoms with van der Waals surface area (Å²) in [7, 11) is 1.80. The Bertz CT molecular complexity index is 853. The zero-order valence-electron chi connectivity index (χ0n) is 14.4. The van der Waals surface area contributed by atoms with Crippen molar-refractivity contribution < 1.29 is 4.74 Å². The lowest BCUT2D eigenvalue weighted by molar-refractivity contribution is 0.0669. The number of para-hydroxylation sites is 1. The second-order valence-electron chi connectivity index (χ2n) is 6.52. The molecular weight excluding hydrogens is 312 g/mol. The Morgan fingerprint density at radius 2 is 2.00 bits per heavy atom. The topological polar surface area (TPSA) is 59.9 Å². The average Bonchev–Trinajstić information content (AvgIpc) is 2.69. The summed E-state index contributed by atoms with van der Waals surface area (Å²) in [6.07, 6.45) is 8.36. The zero-order chi connectivity index (χ0) is 17.1. The first kappa shape index (κ1) is 16.0. The Hall–Kier alpha value is -2.53. The molecule has 1 aromatic carbocycles. The first-order chi connectivity index (χ1) is 12.3. The van der Waals surface area contributed by atoms with Gasteiger partial charge in [-0.1, -0.05) is 12.1 Å². The van der Waals surface area contributed by atoms with Gasteiger partial charge in [-0.25, -0.2) is 9.97 Å². The number of nitrogens with zero attached hydrogens (tertiary/aromatic N) is 3. The molecule has 0 aliphatic heterocycles. The van der Waals surface area contributed by atoms with E-state index in [1.165, 1.54) is 6.42 Å². The number of nitrogens with one attached hydrogen (secondary N) is 1. The highest BCUT2D eigenvalue weighted by molar-refractivity contribution is 5.90. The normalized spacial score (nSPS) is 20.5. The van der Waals surface area contributed by atoms with E-state index in [2.05, 4.69) is 16.4 Å². The number of rotatable bonds is 4. The Morgan fingerprint density at radius 3 is 2.84 bits per heavy atom. The number of hydrogen-bond donors (Lipinski definition) is 1. The molecule has 2 aromatic heterocycles. The van der Waals surface area contributed by atoms with E-state index >= 15 is 0 Å². The molecule has 2 heterocycles. The van der Waals surface area contributed by atoms with Crippen molar-refractivity contribution in [2.45, 2.75) is 37.8 Å². The second kappa shape index (κ2) is 7.15. The van der Waals surface area contributed by atoms with Crippen LogP contribution in [-0.4, -0.2) is 34.2 Å². The zero-order valence-corrected chi connectivity index (χ0v) is 14.4. The van der Waals surface area contributed by atoms with Crippen LogP contribution in [0.5, 0.6) is 0 Å². The van der Waals surface area contributed by atoms with Crippen molar-refractivity contribution >= 4 is 16.7 Å². The monoisotopic (exact) mass is 334 g/mol. The van der Waals surface area contributed by atoms with Gasteiger partial charge in [0.25, 0.3) is 0 Å². The maximum Gasteiger partial charge on any atom is 0.163 e. The number of fused-ring (bicyclic) bond motifs is 1. The summed E-state index contributed by atoms with van der Waals surface area (Å²) in [5.41, 5.74) is 1.87. The largest absolute Gasteiger partial charge is 0.381 e. The number of methoxy groups -OCH3 is 1. The van der Waals surface area contributed by atoms with Crippen molar-refractivity contribution in [1.29, 1.82) is 0 Å². The van der Waals surface area contributed by atoms with Crippen molar-refractivity contribution in [2.75, 3.05) is 12.4 Å². The quantitative estimate of drug-likeness (QED) is 0.779. The summed E-state index contributed by atoms with van der Waals surface area (Å²) in [4.78, 5) is 13.7. The third-order valence-corrected chi connectivity index (χ3v) is 4.82. The molecule has 5 heteroatoms. The van der Waals surface area contributed by atoms with Crippen LogP contribution in [0.3, 0.4) is 0 Å².